The van der Waals surface area contributed by atoms with Crippen LogP contribution in [0.5, 0.6) is 5.75 Å². The lowest BCUT2D eigenvalue weighted by Crippen LogP contribution is -2.75. The molecule has 9 nitrogen and oxygen atoms in total. The zero-order valence-corrected chi connectivity index (χ0v) is 25.1. The molecule has 2 fully saturated rings. The van der Waals surface area contributed by atoms with Gasteiger partial charge in [-0.15, -0.1) is 0 Å². The van der Waals surface area contributed by atoms with Gasteiger partial charge in [0.05, 0.1) is 18.8 Å². The Bertz CT molecular complexity index is 1510. The highest BCUT2D eigenvalue weighted by Crippen LogP contribution is 2.43. The fourth-order valence-electron chi connectivity index (χ4n) is 6.76. The van der Waals surface area contributed by atoms with E-state index in [1.807, 2.05) is 35.9 Å². The number of carbonyl (C=O) groups excluding carboxylic acids is 3. The zero-order valence-electron chi connectivity index (χ0n) is 23.6. The number of amides is 3. The summed E-state index contributed by atoms with van der Waals surface area (Å²) in [6.07, 6.45) is 3.71. The summed E-state index contributed by atoms with van der Waals surface area (Å²) < 4.78 is 7.35. The molecule has 3 heterocycles. The first kappa shape index (κ1) is 30.1. The molecular weight excluding hydrogens is 577 g/mol. The van der Waals surface area contributed by atoms with Gasteiger partial charge in [-0.1, -0.05) is 29.3 Å². The number of quaternary nitrogens is 1. The average molecular weight is 614 g/mol. The van der Waals surface area contributed by atoms with Gasteiger partial charge in [-0.25, -0.2) is 9.28 Å². The van der Waals surface area contributed by atoms with Crippen LogP contribution in [-0.4, -0.2) is 65.1 Å². The molecule has 5 N–H and O–H groups in total. The Hall–Kier alpha value is -3.37. The molecule has 0 aliphatic carbocycles. The normalized spacial score (nSPS) is 17.9. The molecule has 0 bridgehead atoms. The molecule has 2 aliphatic rings. The topological polar surface area (TPSA) is 129 Å². The summed E-state index contributed by atoms with van der Waals surface area (Å²) >= 11 is 12.9. The Balaban J connectivity index is 1.68. The maximum absolute atomic E-state index is 14.9. The minimum Gasteiger partial charge on any atom is -0.484 e. The standard InChI is InChI=1S/C31H35Cl2N5O4/c1-37-26(29(40)38(15-3-2-4-16-38)31(30(35)41)11-13-36-14-12-31)18-24(23-10-7-21(32)17-25(23)33)28(37)20-5-8-22(9-6-20)42-19-27(34)39/h5-10,17-18,36H,2-4,11-16,19H2,1H3,(H3-,34,35,39,41)/p+1. The molecule has 2 saturated heterocycles. The van der Waals surface area contributed by atoms with Crippen molar-refractivity contribution in [1.82, 2.24) is 9.88 Å². The highest BCUT2D eigenvalue weighted by Gasteiger charge is 2.61. The van der Waals surface area contributed by atoms with Gasteiger partial charge in [0.1, 0.15) is 11.4 Å². The maximum atomic E-state index is 14.9. The van der Waals surface area contributed by atoms with Crippen LogP contribution in [-0.2, 0) is 16.6 Å². The molecule has 0 spiro atoms. The highest BCUT2D eigenvalue weighted by atomic mass is 35.5. The lowest BCUT2D eigenvalue weighted by molar-refractivity contribution is -0.897. The SMILES string of the molecule is Cn1c(C(=O)[N+]2(C3(C(N)=O)CCNCC3)CCCCC2)cc(-c2ccc(Cl)cc2Cl)c1-c1ccc(OCC(N)=O)cc1. The summed E-state index contributed by atoms with van der Waals surface area (Å²) in [5.41, 5.74) is 13.9. The second kappa shape index (κ2) is 12.1. The van der Waals surface area contributed by atoms with Gasteiger partial charge in [-0.2, -0.15) is 0 Å². The molecule has 2 aromatic carbocycles. The van der Waals surface area contributed by atoms with Crippen molar-refractivity contribution in [3.8, 4) is 28.1 Å². The number of carbonyl (C=O) groups is 3. The van der Waals surface area contributed by atoms with Crippen molar-refractivity contribution in [1.29, 1.82) is 0 Å². The van der Waals surface area contributed by atoms with E-state index in [-0.39, 0.29) is 17.0 Å². The number of piperidine rings is 2. The van der Waals surface area contributed by atoms with E-state index in [0.717, 1.165) is 41.6 Å². The van der Waals surface area contributed by atoms with Crippen molar-refractivity contribution in [2.75, 3.05) is 32.8 Å². The molecule has 3 aromatic rings. The van der Waals surface area contributed by atoms with E-state index in [2.05, 4.69) is 5.32 Å². The van der Waals surface area contributed by atoms with Crippen LogP contribution < -0.4 is 21.5 Å². The smallest absolute Gasteiger partial charge is 0.363 e. The lowest BCUT2D eigenvalue weighted by atomic mass is 9.80. The molecule has 11 heteroatoms. The van der Waals surface area contributed by atoms with Crippen LogP contribution >= 0.6 is 23.2 Å². The van der Waals surface area contributed by atoms with Gasteiger partial charge in [0.25, 0.3) is 11.8 Å². The number of benzene rings is 2. The number of halogens is 2. The quantitative estimate of drug-likeness (QED) is 0.327. The molecule has 42 heavy (non-hydrogen) atoms. The van der Waals surface area contributed by atoms with Crippen LogP contribution in [0.3, 0.4) is 0 Å². The van der Waals surface area contributed by atoms with Crippen molar-refractivity contribution < 1.29 is 23.6 Å². The first-order valence-electron chi connectivity index (χ1n) is 14.2. The van der Waals surface area contributed by atoms with Crippen molar-refractivity contribution in [3.63, 3.8) is 0 Å². The molecule has 2 aliphatic heterocycles. The fraction of sp³-hybridized carbons (Fsp3) is 0.387. The van der Waals surface area contributed by atoms with E-state index in [1.54, 1.807) is 24.3 Å². The van der Waals surface area contributed by atoms with Gasteiger partial charge < -0.3 is 26.1 Å². The number of ether oxygens (including phenoxy) is 1. The van der Waals surface area contributed by atoms with Crippen molar-refractivity contribution in [3.05, 3.63) is 64.3 Å². The Kier molecular flexibility index (Phi) is 8.66. The van der Waals surface area contributed by atoms with E-state index >= 15 is 0 Å². The molecule has 5 rings (SSSR count). The fourth-order valence-corrected chi connectivity index (χ4v) is 7.27. The third kappa shape index (κ3) is 5.30. The van der Waals surface area contributed by atoms with Crippen LogP contribution in [0.15, 0.2) is 48.5 Å². The summed E-state index contributed by atoms with van der Waals surface area (Å²) in [4.78, 5) is 39.4. The number of nitrogens with two attached hydrogens (primary N) is 2. The Morgan fingerprint density at radius 2 is 1.62 bits per heavy atom. The number of hydrogen-bond acceptors (Lipinski definition) is 5. The van der Waals surface area contributed by atoms with Gasteiger partial charge in [0.2, 0.25) is 0 Å². The molecule has 0 unspecified atom stereocenters. The number of nitrogens with one attached hydrogen (secondary N) is 1. The second-order valence-electron chi connectivity index (χ2n) is 11.2. The van der Waals surface area contributed by atoms with E-state index in [4.69, 9.17) is 39.4 Å². The second-order valence-corrected chi connectivity index (χ2v) is 12.0. The van der Waals surface area contributed by atoms with Crippen LogP contribution in [0.25, 0.3) is 22.4 Å². The van der Waals surface area contributed by atoms with Crippen LogP contribution in [0.1, 0.15) is 42.6 Å². The summed E-state index contributed by atoms with van der Waals surface area (Å²) in [6, 6.07) is 14.3. The zero-order chi connectivity index (χ0) is 30.1. The third-order valence-electron chi connectivity index (χ3n) is 8.86. The minimum atomic E-state index is -0.981. The predicted molar refractivity (Wildman–Crippen MR) is 163 cm³/mol. The van der Waals surface area contributed by atoms with Gasteiger partial charge in [-0.05, 0) is 67.3 Å². The largest absolute Gasteiger partial charge is 0.484 e. The average Bonchev–Trinajstić information content (AvgIpc) is 3.32. The van der Waals surface area contributed by atoms with Crippen molar-refractivity contribution in [2.24, 2.45) is 18.5 Å². The van der Waals surface area contributed by atoms with Gasteiger partial charge in [0.15, 0.2) is 12.1 Å². The van der Waals surface area contributed by atoms with Crippen molar-refractivity contribution in [2.45, 2.75) is 37.6 Å². The molecule has 222 valence electrons. The van der Waals surface area contributed by atoms with Gasteiger partial charge >= 0.3 is 5.91 Å². The molecule has 0 saturated carbocycles. The summed E-state index contributed by atoms with van der Waals surface area (Å²) in [5.74, 6) is -0.610. The molecule has 0 radical (unpaired) electrons. The number of hydrogen-bond donors (Lipinski definition) is 3. The van der Waals surface area contributed by atoms with E-state index < -0.39 is 17.4 Å². The predicted octanol–water partition coefficient (Wildman–Crippen LogP) is 4.28. The molecule has 0 atom stereocenters. The number of nitrogens with zero attached hydrogens (tertiary/aromatic N) is 2. The molecular formula is C31H36Cl2N5O4+. The first-order valence-corrected chi connectivity index (χ1v) is 14.9. The van der Waals surface area contributed by atoms with E-state index in [9.17, 15) is 14.4 Å². The summed E-state index contributed by atoms with van der Waals surface area (Å²) in [5, 5.41) is 4.28. The summed E-state index contributed by atoms with van der Waals surface area (Å²) in [6.45, 7) is 2.15. The lowest BCUT2D eigenvalue weighted by Gasteiger charge is -2.52. The number of rotatable bonds is 8. The first-order chi connectivity index (χ1) is 20.1. The minimum absolute atomic E-state index is 0.0228. The number of likely N-dealkylation sites (tertiary alicyclic amines) is 1. The van der Waals surface area contributed by atoms with Crippen LogP contribution in [0.2, 0.25) is 10.0 Å². The van der Waals surface area contributed by atoms with Crippen LogP contribution in [0.4, 0.5) is 0 Å². The van der Waals surface area contributed by atoms with Crippen molar-refractivity contribution >= 4 is 40.9 Å². The number of aromatic nitrogens is 1. The number of primary amides is 2. The molecule has 1 aromatic heterocycles. The third-order valence-corrected chi connectivity index (χ3v) is 9.41. The maximum Gasteiger partial charge on any atom is 0.363 e. The van der Waals surface area contributed by atoms with Crippen LogP contribution in [0, 0.1) is 0 Å². The van der Waals surface area contributed by atoms with Gasteiger partial charge in [0, 0.05) is 54.2 Å². The Labute approximate surface area is 255 Å². The van der Waals surface area contributed by atoms with E-state index in [0.29, 0.717) is 60.5 Å². The highest BCUT2D eigenvalue weighted by molar-refractivity contribution is 6.36. The monoisotopic (exact) mass is 612 g/mol. The molecule has 3 amide bonds. The Morgan fingerprint density at radius 3 is 2.21 bits per heavy atom. The van der Waals surface area contributed by atoms with E-state index in [1.165, 1.54) is 0 Å². The Morgan fingerprint density at radius 1 is 0.952 bits per heavy atom. The summed E-state index contributed by atoms with van der Waals surface area (Å²) in [7, 11) is 1.85. The van der Waals surface area contributed by atoms with Gasteiger partial charge in [-0.3, -0.25) is 9.59 Å².